The maximum Gasteiger partial charge on any atom is 0.225 e. The molecule has 1 aromatic heterocycles. The van der Waals surface area contributed by atoms with E-state index >= 15 is 0 Å². The molecule has 1 aliphatic rings. The number of hydrogen-bond donors (Lipinski definition) is 2. The van der Waals surface area contributed by atoms with Gasteiger partial charge in [-0.3, -0.25) is 0 Å². The topological polar surface area (TPSA) is 49.8 Å². The van der Waals surface area contributed by atoms with Crippen molar-refractivity contribution in [1.29, 1.82) is 0 Å². The maximum absolute atomic E-state index is 4.67. The van der Waals surface area contributed by atoms with E-state index in [0.29, 0.717) is 18.0 Å². The van der Waals surface area contributed by atoms with Crippen molar-refractivity contribution in [3.63, 3.8) is 0 Å². The predicted molar refractivity (Wildman–Crippen MR) is 84.2 cm³/mol. The lowest BCUT2D eigenvalue weighted by Gasteiger charge is -2.16. The van der Waals surface area contributed by atoms with Crippen LogP contribution in [0.15, 0.2) is 24.3 Å². The highest BCUT2D eigenvalue weighted by Gasteiger charge is 2.17. The maximum atomic E-state index is 4.67. The number of para-hydroxylation sites is 1. The third-order valence-corrected chi connectivity index (χ3v) is 3.72. The van der Waals surface area contributed by atoms with Crippen LogP contribution in [0, 0.1) is 0 Å². The Morgan fingerprint density at radius 1 is 1.10 bits per heavy atom. The van der Waals surface area contributed by atoms with Gasteiger partial charge in [-0.1, -0.05) is 25.0 Å². The molecule has 0 bridgehead atoms. The van der Waals surface area contributed by atoms with Crippen LogP contribution in [0.3, 0.4) is 0 Å². The molecule has 106 valence electrons. The van der Waals surface area contributed by atoms with Crippen LogP contribution >= 0.6 is 0 Å². The number of fused-ring (bicyclic) bond motifs is 1. The normalized spacial score (nSPS) is 15.9. The molecule has 1 saturated carbocycles. The van der Waals surface area contributed by atoms with Crippen molar-refractivity contribution in [3.8, 4) is 0 Å². The molecule has 0 atom stereocenters. The zero-order valence-electron chi connectivity index (χ0n) is 12.2. The molecule has 0 spiro atoms. The van der Waals surface area contributed by atoms with Crippen molar-refractivity contribution < 1.29 is 0 Å². The van der Waals surface area contributed by atoms with E-state index in [1.54, 1.807) is 0 Å². The highest BCUT2D eigenvalue weighted by atomic mass is 15.2. The molecule has 1 fully saturated rings. The van der Waals surface area contributed by atoms with E-state index in [0.717, 1.165) is 16.7 Å². The summed E-state index contributed by atoms with van der Waals surface area (Å²) in [6.07, 6.45) is 5.12. The lowest BCUT2D eigenvalue weighted by Crippen LogP contribution is -2.18. The van der Waals surface area contributed by atoms with Gasteiger partial charge < -0.3 is 10.6 Å². The largest absolute Gasteiger partial charge is 0.367 e. The first-order valence-electron chi connectivity index (χ1n) is 7.52. The van der Waals surface area contributed by atoms with Gasteiger partial charge in [0.2, 0.25) is 5.95 Å². The van der Waals surface area contributed by atoms with Gasteiger partial charge in [-0.2, -0.15) is 4.98 Å². The lowest BCUT2D eigenvalue weighted by atomic mass is 10.2. The van der Waals surface area contributed by atoms with Gasteiger partial charge in [-0.15, -0.1) is 0 Å². The Labute approximate surface area is 120 Å². The summed E-state index contributed by atoms with van der Waals surface area (Å²) in [5.74, 6) is 1.67. The molecule has 4 heteroatoms. The van der Waals surface area contributed by atoms with E-state index < -0.39 is 0 Å². The molecule has 3 rings (SSSR count). The Kier molecular flexibility index (Phi) is 3.72. The zero-order chi connectivity index (χ0) is 13.9. The summed E-state index contributed by atoms with van der Waals surface area (Å²) in [7, 11) is 0. The first kappa shape index (κ1) is 13.2. The van der Waals surface area contributed by atoms with Crippen molar-refractivity contribution >= 4 is 22.7 Å². The highest BCUT2D eigenvalue weighted by molar-refractivity contribution is 5.90. The van der Waals surface area contributed by atoms with Crippen LogP contribution < -0.4 is 10.6 Å². The minimum atomic E-state index is 0.329. The van der Waals surface area contributed by atoms with Crippen molar-refractivity contribution in [3.05, 3.63) is 24.3 Å². The van der Waals surface area contributed by atoms with Gasteiger partial charge in [-0.05, 0) is 38.8 Å². The monoisotopic (exact) mass is 270 g/mol. The molecule has 1 aromatic carbocycles. The van der Waals surface area contributed by atoms with Crippen LogP contribution in [-0.4, -0.2) is 22.1 Å². The number of nitrogens with one attached hydrogen (secondary N) is 2. The van der Waals surface area contributed by atoms with Crippen molar-refractivity contribution in [2.75, 3.05) is 10.6 Å². The average Bonchev–Trinajstić information content (AvgIpc) is 2.91. The second kappa shape index (κ2) is 5.65. The van der Waals surface area contributed by atoms with Crippen LogP contribution in [-0.2, 0) is 0 Å². The fourth-order valence-corrected chi connectivity index (χ4v) is 2.77. The predicted octanol–water partition coefficient (Wildman–Crippen LogP) is 3.80. The minimum Gasteiger partial charge on any atom is -0.367 e. The highest BCUT2D eigenvalue weighted by Crippen LogP contribution is 2.26. The Bertz CT molecular complexity index is 588. The number of anilines is 2. The number of benzene rings is 1. The zero-order valence-corrected chi connectivity index (χ0v) is 12.2. The summed E-state index contributed by atoms with van der Waals surface area (Å²) in [6, 6.07) is 9.08. The van der Waals surface area contributed by atoms with E-state index in [4.69, 9.17) is 0 Å². The molecule has 1 heterocycles. The quantitative estimate of drug-likeness (QED) is 0.887. The molecule has 2 aromatic rings. The van der Waals surface area contributed by atoms with Crippen molar-refractivity contribution in [1.82, 2.24) is 9.97 Å². The van der Waals surface area contributed by atoms with Crippen molar-refractivity contribution in [2.24, 2.45) is 0 Å². The van der Waals surface area contributed by atoms with E-state index in [2.05, 4.69) is 40.5 Å². The molecular weight excluding hydrogens is 248 g/mol. The Balaban J connectivity index is 1.97. The SMILES string of the molecule is CC(C)Nc1nc(NC2CCCC2)c2ccccc2n1. The summed E-state index contributed by atoms with van der Waals surface area (Å²) >= 11 is 0. The molecule has 0 saturated heterocycles. The van der Waals surface area contributed by atoms with Crippen LogP contribution in [0.4, 0.5) is 11.8 Å². The summed E-state index contributed by atoms with van der Waals surface area (Å²) in [5, 5.41) is 8.01. The van der Waals surface area contributed by atoms with E-state index in [1.165, 1.54) is 25.7 Å². The van der Waals surface area contributed by atoms with E-state index in [-0.39, 0.29) is 0 Å². The van der Waals surface area contributed by atoms with Gasteiger partial charge in [0.05, 0.1) is 5.52 Å². The van der Waals surface area contributed by atoms with Crippen LogP contribution in [0.2, 0.25) is 0 Å². The molecule has 20 heavy (non-hydrogen) atoms. The number of hydrogen-bond acceptors (Lipinski definition) is 4. The third kappa shape index (κ3) is 2.84. The molecule has 0 aliphatic heterocycles. The van der Waals surface area contributed by atoms with E-state index in [1.807, 2.05) is 18.2 Å². The average molecular weight is 270 g/mol. The summed E-state index contributed by atoms with van der Waals surface area (Å²) in [4.78, 5) is 9.26. The number of aromatic nitrogens is 2. The van der Waals surface area contributed by atoms with Gasteiger partial charge in [0.15, 0.2) is 0 Å². The minimum absolute atomic E-state index is 0.329. The lowest BCUT2D eigenvalue weighted by molar-refractivity contribution is 0.751. The smallest absolute Gasteiger partial charge is 0.225 e. The summed E-state index contributed by atoms with van der Waals surface area (Å²) in [6.45, 7) is 4.20. The molecular formula is C16H22N4. The van der Waals surface area contributed by atoms with Crippen molar-refractivity contribution in [2.45, 2.75) is 51.6 Å². The molecule has 0 amide bonds. The number of rotatable bonds is 4. The Hall–Kier alpha value is -1.84. The summed E-state index contributed by atoms with van der Waals surface area (Å²) in [5.41, 5.74) is 0.992. The van der Waals surface area contributed by atoms with Gasteiger partial charge in [-0.25, -0.2) is 4.98 Å². The fourth-order valence-electron chi connectivity index (χ4n) is 2.77. The second-order valence-corrected chi connectivity index (χ2v) is 5.84. The standard InChI is InChI=1S/C16H22N4/c1-11(2)17-16-19-14-10-6-5-9-13(14)15(20-16)18-12-7-3-4-8-12/h5-6,9-12H,3-4,7-8H2,1-2H3,(H2,17,18,19,20). The summed E-state index contributed by atoms with van der Waals surface area (Å²) < 4.78 is 0. The van der Waals surface area contributed by atoms with Crippen LogP contribution in [0.5, 0.6) is 0 Å². The van der Waals surface area contributed by atoms with Gasteiger partial charge >= 0.3 is 0 Å². The molecule has 1 aliphatic carbocycles. The molecule has 0 radical (unpaired) electrons. The Morgan fingerprint density at radius 3 is 2.60 bits per heavy atom. The van der Waals surface area contributed by atoms with Gasteiger partial charge in [0.1, 0.15) is 5.82 Å². The van der Waals surface area contributed by atoms with E-state index in [9.17, 15) is 0 Å². The number of nitrogens with zero attached hydrogens (tertiary/aromatic N) is 2. The van der Waals surface area contributed by atoms with Gasteiger partial charge in [0.25, 0.3) is 0 Å². The second-order valence-electron chi connectivity index (χ2n) is 5.84. The molecule has 2 N–H and O–H groups in total. The third-order valence-electron chi connectivity index (χ3n) is 3.72. The van der Waals surface area contributed by atoms with Crippen LogP contribution in [0.1, 0.15) is 39.5 Å². The molecule has 0 unspecified atom stereocenters. The van der Waals surface area contributed by atoms with Gasteiger partial charge in [0, 0.05) is 17.5 Å². The fraction of sp³-hybridized carbons (Fsp3) is 0.500. The first-order chi connectivity index (χ1) is 9.72. The first-order valence-corrected chi connectivity index (χ1v) is 7.52. The Morgan fingerprint density at radius 2 is 1.85 bits per heavy atom. The van der Waals surface area contributed by atoms with Crippen LogP contribution in [0.25, 0.3) is 10.9 Å². The molecule has 4 nitrogen and oxygen atoms in total.